The van der Waals surface area contributed by atoms with Gasteiger partial charge in [0.15, 0.2) is 0 Å². The lowest BCUT2D eigenvalue weighted by molar-refractivity contribution is -0.388. The van der Waals surface area contributed by atoms with Crippen LogP contribution in [-0.4, -0.2) is 41.4 Å². The van der Waals surface area contributed by atoms with Gasteiger partial charge < -0.3 is 10.8 Å². The molecular weight excluding hydrogens is 313 g/mol. The average Bonchev–Trinajstić information content (AvgIpc) is 2.99. The lowest BCUT2D eigenvalue weighted by atomic mass is 10.0. The molecule has 0 atom stereocenters. The van der Waals surface area contributed by atoms with Crippen molar-refractivity contribution in [2.75, 3.05) is 0 Å². The van der Waals surface area contributed by atoms with Crippen molar-refractivity contribution < 1.29 is 49.8 Å². The van der Waals surface area contributed by atoms with Crippen LogP contribution in [0.3, 0.4) is 0 Å². The van der Waals surface area contributed by atoms with Gasteiger partial charge in [-0.25, -0.2) is 0 Å². The first-order valence-electron chi connectivity index (χ1n) is 4.76. The van der Waals surface area contributed by atoms with E-state index in [1.165, 1.54) is 5.32 Å². The van der Waals surface area contributed by atoms with E-state index in [4.69, 9.17) is 0 Å². The second-order valence-corrected chi connectivity index (χ2v) is 3.97. The molecule has 0 radical (unpaired) electrons. The van der Waals surface area contributed by atoms with Gasteiger partial charge in [-0.05, 0) is 12.8 Å². The number of nitrogens with one attached hydrogen (secondary N) is 1. The van der Waals surface area contributed by atoms with E-state index in [0.29, 0.717) is 0 Å². The van der Waals surface area contributed by atoms with Gasteiger partial charge in [-0.3, -0.25) is 4.79 Å². The molecule has 0 saturated heterocycles. The lowest BCUT2D eigenvalue weighted by Gasteiger charge is -2.32. The Morgan fingerprint density at radius 3 is 1.55 bits per heavy atom. The third kappa shape index (κ3) is 2.79. The molecule has 1 saturated carbocycles. The summed E-state index contributed by atoms with van der Waals surface area (Å²) < 4.78 is 111. The van der Waals surface area contributed by atoms with Crippen molar-refractivity contribution >= 4 is 5.91 Å². The highest BCUT2D eigenvalue weighted by molar-refractivity contribution is 5.85. The highest BCUT2D eigenvalue weighted by Crippen LogP contribution is 2.53. The Labute approximate surface area is 105 Å². The highest BCUT2D eigenvalue weighted by Gasteiger charge is 2.83. The minimum Gasteiger partial charge on any atom is -0.412 e. The molecule has 3 N–H and O–H groups in total. The van der Waals surface area contributed by atoms with E-state index < -0.39 is 35.9 Å². The maximum Gasteiger partial charge on any atom is 0.460 e. The molecule has 0 unspecified atom stereocenters. The van der Waals surface area contributed by atoms with Crippen molar-refractivity contribution in [3.63, 3.8) is 0 Å². The average molecular weight is 321 g/mol. The molecule has 1 amide bonds. The van der Waals surface area contributed by atoms with Crippen LogP contribution >= 0.6 is 0 Å². The molecule has 12 heteroatoms. The number of rotatable bonds is 4. The largest absolute Gasteiger partial charge is 0.460 e. The number of carbonyl (C=O) groups is 1. The molecule has 3 nitrogen and oxygen atoms in total. The summed E-state index contributed by atoms with van der Waals surface area (Å²) in [5, 5.41) is 1.25. The molecule has 0 heterocycles. The second kappa shape index (κ2) is 4.97. The molecule has 1 fully saturated rings. The highest BCUT2D eigenvalue weighted by atomic mass is 19.4. The van der Waals surface area contributed by atoms with Gasteiger partial charge >= 0.3 is 23.9 Å². The molecule has 0 aliphatic heterocycles. The van der Waals surface area contributed by atoms with Crippen molar-refractivity contribution in [3.8, 4) is 0 Å². The van der Waals surface area contributed by atoms with Crippen LogP contribution in [0.15, 0.2) is 0 Å². The summed E-state index contributed by atoms with van der Waals surface area (Å²) in [5.74, 6) is -23.0. The summed E-state index contributed by atoms with van der Waals surface area (Å²) in [5.41, 5.74) is 0. The normalized spacial score (nSPS) is 17.4. The van der Waals surface area contributed by atoms with Crippen molar-refractivity contribution in [3.05, 3.63) is 0 Å². The summed E-state index contributed by atoms with van der Waals surface area (Å²) in [7, 11) is 0. The fourth-order valence-corrected chi connectivity index (χ4v) is 1.02. The van der Waals surface area contributed by atoms with Gasteiger partial charge in [0.25, 0.3) is 5.91 Å². The topological polar surface area (TPSA) is 60.6 Å². The Bertz CT molecular complexity index is 375. The maximum absolute atomic E-state index is 12.9. The molecule has 120 valence electrons. The molecule has 0 aromatic carbocycles. The maximum atomic E-state index is 12.9. The van der Waals surface area contributed by atoms with Crippen LogP contribution in [0.1, 0.15) is 12.8 Å². The first kappa shape index (κ1) is 18.8. The van der Waals surface area contributed by atoms with Gasteiger partial charge in [0, 0.05) is 6.04 Å². The van der Waals surface area contributed by atoms with Crippen molar-refractivity contribution in [1.29, 1.82) is 0 Å². The van der Waals surface area contributed by atoms with Crippen LogP contribution in [0.25, 0.3) is 0 Å². The monoisotopic (exact) mass is 321 g/mol. The Kier molecular flexibility index (Phi) is 4.67. The summed E-state index contributed by atoms with van der Waals surface area (Å²) >= 11 is 0. The molecule has 20 heavy (non-hydrogen) atoms. The predicted molar refractivity (Wildman–Crippen MR) is 45.7 cm³/mol. The first-order valence-corrected chi connectivity index (χ1v) is 4.76. The minimum absolute atomic E-state index is 0. The van der Waals surface area contributed by atoms with Crippen LogP contribution in [0, 0.1) is 0 Å². The van der Waals surface area contributed by atoms with Crippen molar-refractivity contribution in [2.45, 2.75) is 42.8 Å². The zero-order valence-corrected chi connectivity index (χ0v) is 9.30. The molecule has 0 bridgehead atoms. The third-order valence-electron chi connectivity index (χ3n) is 2.34. The lowest BCUT2D eigenvalue weighted by Crippen LogP contribution is -2.65. The van der Waals surface area contributed by atoms with Gasteiger partial charge in [0.05, 0.1) is 0 Å². The van der Waals surface area contributed by atoms with Crippen LogP contribution < -0.4 is 5.32 Å². The molecule has 1 rings (SSSR count). The van der Waals surface area contributed by atoms with E-state index in [9.17, 15) is 44.3 Å². The van der Waals surface area contributed by atoms with E-state index >= 15 is 0 Å². The number of halogens is 9. The summed E-state index contributed by atoms with van der Waals surface area (Å²) in [6, 6.07) is -0.909. The summed E-state index contributed by atoms with van der Waals surface area (Å²) in [6.07, 6.45) is -6.61. The Morgan fingerprint density at radius 2 is 1.25 bits per heavy atom. The quantitative estimate of drug-likeness (QED) is 0.790. The Hall–Kier alpha value is -1.20. The second-order valence-electron chi connectivity index (χ2n) is 3.97. The van der Waals surface area contributed by atoms with E-state index in [1.54, 1.807) is 0 Å². The minimum atomic E-state index is -7.04. The van der Waals surface area contributed by atoms with Gasteiger partial charge in [-0.15, -0.1) is 0 Å². The molecular formula is C8H8F9NO2. The number of hydrogen-bond acceptors (Lipinski definition) is 1. The molecule has 0 spiro atoms. The van der Waals surface area contributed by atoms with Crippen LogP contribution in [0.2, 0.25) is 0 Å². The van der Waals surface area contributed by atoms with Gasteiger partial charge in [-0.2, -0.15) is 39.5 Å². The van der Waals surface area contributed by atoms with Crippen LogP contribution in [-0.2, 0) is 4.79 Å². The van der Waals surface area contributed by atoms with E-state index in [2.05, 4.69) is 0 Å². The Morgan fingerprint density at radius 1 is 0.850 bits per heavy atom. The number of amides is 1. The zero-order chi connectivity index (χ0) is 15.3. The Balaban J connectivity index is 0.00000361. The number of alkyl halides is 9. The predicted octanol–water partition coefficient (Wildman–Crippen LogP) is 1.91. The zero-order valence-electron chi connectivity index (χ0n) is 9.30. The fraction of sp³-hybridized carbons (Fsp3) is 0.875. The number of carbonyl (C=O) groups excluding carboxylic acids is 1. The van der Waals surface area contributed by atoms with Gasteiger partial charge in [-0.1, -0.05) is 0 Å². The van der Waals surface area contributed by atoms with Crippen LogP contribution in [0.4, 0.5) is 39.5 Å². The molecule has 1 aliphatic rings. The van der Waals surface area contributed by atoms with Gasteiger partial charge in [0.2, 0.25) is 0 Å². The smallest absolute Gasteiger partial charge is 0.412 e. The van der Waals surface area contributed by atoms with E-state index in [-0.39, 0.29) is 18.3 Å². The van der Waals surface area contributed by atoms with Gasteiger partial charge in [0.1, 0.15) is 0 Å². The summed E-state index contributed by atoms with van der Waals surface area (Å²) in [4.78, 5) is 10.7. The number of hydrogen-bond donors (Lipinski definition) is 1. The SMILES string of the molecule is O.O=C(NC1CC1)C(F)(F)C(F)(F)C(F)(F)C(F)(F)F. The standard InChI is InChI=1S/C8H6F9NO.H2O/c9-5(10,4(19)18-3-1-2-3)6(11,12)7(13,14)8(15,16)17;/h3H,1-2H2,(H,18,19);1H2. The molecule has 0 aromatic heterocycles. The van der Waals surface area contributed by atoms with Crippen molar-refractivity contribution in [1.82, 2.24) is 5.32 Å². The molecule has 0 aromatic rings. The van der Waals surface area contributed by atoms with E-state index in [1.807, 2.05) is 0 Å². The molecule has 1 aliphatic carbocycles. The van der Waals surface area contributed by atoms with Crippen LogP contribution in [0.5, 0.6) is 0 Å². The third-order valence-corrected chi connectivity index (χ3v) is 2.34. The fourth-order valence-electron chi connectivity index (χ4n) is 1.02. The van der Waals surface area contributed by atoms with Crippen molar-refractivity contribution in [2.24, 2.45) is 0 Å². The summed E-state index contributed by atoms with van der Waals surface area (Å²) in [6.45, 7) is 0. The first-order chi connectivity index (χ1) is 8.25. The van der Waals surface area contributed by atoms with E-state index in [0.717, 1.165) is 0 Å².